The van der Waals surface area contributed by atoms with Gasteiger partial charge in [-0.25, -0.2) is 0 Å². The molecule has 0 spiro atoms. The zero-order chi connectivity index (χ0) is 17.7. The molecule has 0 saturated heterocycles. The maximum atomic E-state index is 11.7. The Balaban J connectivity index is 2.15. The lowest BCUT2D eigenvalue weighted by atomic mass is 10.0. The number of esters is 1. The molecule has 1 aliphatic carbocycles. The second kappa shape index (κ2) is 8.70. The highest BCUT2D eigenvalue weighted by molar-refractivity contribution is 14.1. The van der Waals surface area contributed by atoms with Gasteiger partial charge in [0.25, 0.3) is 0 Å². The van der Waals surface area contributed by atoms with Crippen LogP contribution in [0.15, 0.2) is 33.4 Å². The molecule has 0 bridgehead atoms. The van der Waals surface area contributed by atoms with Gasteiger partial charge in [0.15, 0.2) is 0 Å². The number of carbonyl (C=O) groups is 1. The van der Waals surface area contributed by atoms with Crippen LogP contribution in [0, 0.1) is 13.8 Å². The Morgan fingerprint density at radius 1 is 1.25 bits per heavy atom. The van der Waals surface area contributed by atoms with E-state index in [0.29, 0.717) is 19.4 Å². The molecule has 24 heavy (non-hydrogen) atoms. The molecule has 0 radical (unpaired) electrons. The van der Waals surface area contributed by atoms with Gasteiger partial charge in [0.1, 0.15) is 18.5 Å². The molecule has 0 aromatic heterocycles. The van der Waals surface area contributed by atoms with Crippen LogP contribution >= 0.6 is 22.6 Å². The molecule has 1 aromatic rings. The third kappa shape index (κ3) is 4.62. The summed E-state index contributed by atoms with van der Waals surface area (Å²) >= 11 is 2.28. The first kappa shape index (κ1) is 19.0. The minimum absolute atomic E-state index is 0.170. The Morgan fingerprint density at radius 3 is 2.67 bits per heavy atom. The van der Waals surface area contributed by atoms with Crippen LogP contribution in [0.5, 0.6) is 5.75 Å². The summed E-state index contributed by atoms with van der Waals surface area (Å²) in [5.41, 5.74) is 4.78. The molecule has 0 heterocycles. The van der Waals surface area contributed by atoms with Crippen LogP contribution < -0.4 is 4.74 Å². The summed E-state index contributed by atoms with van der Waals surface area (Å²) in [7, 11) is 0. The van der Waals surface area contributed by atoms with Crippen molar-refractivity contribution in [1.29, 1.82) is 0 Å². The van der Waals surface area contributed by atoms with Gasteiger partial charge >= 0.3 is 5.97 Å². The number of carbonyl (C=O) groups excluding carboxylic acids is 1. The number of hydrogen-bond acceptors (Lipinski definition) is 3. The van der Waals surface area contributed by atoms with E-state index in [9.17, 15) is 4.79 Å². The van der Waals surface area contributed by atoms with Gasteiger partial charge in [-0.2, -0.15) is 0 Å². The zero-order valence-electron chi connectivity index (χ0n) is 14.8. The molecule has 0 N–H and O–H groups in total. The molecule has 0 fully saturated rings. The maximum Gasteiger partial charge on any atom is 0.306 e. The van der Waals surface area contributed by atoms with E-state index >= 15 is 0 Å². The molecule has 2 rings (SSSR count). The van der Waals surface area contributed by atoms with Gasteiger partial charge in [-0.15, -0.1) is 0 Å². The van der Waals surface area contributed by atoms with E-state index in [1.165, 1.54) is 11.1 Å². The minimum Gasteiger partial charge on any atom is -0.489 e. The fourth-order valence-corrected chi connectivity index (χ4v) is 3.52. The van der Waals surface area contributed by atoms with Gasteiger partial charge in [0.2, 0.25) is 0 Å². The highest BCUT2D eigenvalue weighted by Crippen LogP contribution is 2.29. The number of halogens is 1. The van der Waals surface area contributed by atoms with Crippen LogP contribution in [0.1, 0.15) is 43.4 Å². The third-order valence-corrected chi connectivity index (χ3v) is 5.32. The Labute approximate surface area is 158 Å². The fraction of sp³-hybridized carbons (Fsp3) is 0.450. The van der Waals surface area contributed by atoms with E-state index in [1.54, 1.807) is 0 Å². The van der Waals surface area contributed by atoms with E-state index in [4.69, 9.17) is 9.47 Å². The van der Waals surface area contributed by atoms with E-state index in [0.717, 1.165) is 26.9 Å². The first-order valence-corrected chi connectivity index (χ1v) is 9.51. The number of rotatable bonds is 6. The first-order valence-electron chi connectivity index (χ1n) is 8.43. The quantitative estimate of drug-likeness (QED) is 0.450. The summed E-state index contributed by atoms with van der Waals surface area (Å²) in [6.07, 6.45) is 6.02. The molecule has 0 saturated carbocycles. The standard InChI is InChI=1S/C20H25IO3/c1-5-15-10-14(4)19(11-13(15)3)23-12-16-17(21)8-7-9-18(16)24-20(22)6-2/h7-8,10-11,18H,5-6,9,12H2,1-4H3. The van der Waals surface area contributed by atoms with Gasteiger partial charge in [-0.05, 0) is 65.6 Å². The van der Waals surface area contributed by atoms with Crippen LogP contribution in [-0.2, 0) is 16.0 Å². The molecule has 0 amide bonds. The number of ether oxygens (including phenoxy) is 2. The second-order valence-electron chi connectivity index (χ2n) is 6.03. The predicted molar refractivity (Wildman–Crippen MR) is 106 cm³/mol. The number of aryl methyl sites for hydroxylation is 3. The molecule has 4 heteroatoms. The van der Waals surface area contributed by atoms with Crippen molar-refractivity contribution in [1.82, 2.24) is 0 Å². The highest BCUT2D eigenvalue weighted by atomic mass is 127. The molecule has 0 aliphatic heterocycles. The largest absolute Gasteiger partial charge is 0.489 e. The predicted octanol–water partition coefficient (Wildman–Crippen LogP) is 5.22. The van der Waals surface area contributed by atoms with Crippen LogP contribution in [0.4, 0.5) is 0 Å². The molecule has 1 unspecified atom stereocenters. The van der Waals surface area contributed by atoms with Gasteiger partial charge in [0.05, 0.1) is 0 Å². The van der Waals surface area contributed by atoms with E-state index in [2.05, 4.69) is 61.6 Å². The van der Waals surface area contributed by atoms with E-state index in [1.807, 2.05) is 13.0 Å². The van der Waals surface area contributed by atoms with Crippen molar-refractivity contribution in [2.75, 3.05) is 6.61 Å². The Kier molecular flexibility index (Phi) is 6.90. The van der Waals surface area contributed by atoms with Crippen LogP contribution in [0.3, 0.4) is 0 Å². The normalized spacial score (nSPS) is 17.1. The van der Waals surface area contributed by atoms with Gasteiger partial charge in [-0.3, -0.25) is 4.79 Å². The van der Waals surface area contributed by atoms with Crippen LogP contribution in [0.25, 0.3) is 0 Å². The summed E-state index contributed by atoms with van der Waals surface area (Å²) in [6, 6.07) is 4.30. The topological polar surface area (TPSA) is 35.5 Å². The number of benzene rings is 1. The maximum absolute atomic E-state index is 11.7. The van der Waals surface area contributed by atoms with Gasteiger partial charge < -0.3 is 9.47 Å². The van der Waals surface area contributed by atoms with Crippen molar-refractivity contribution in [2.45, 2.75) is 53.1 Å². The van der Waals surface area contributed by atoms with Gasteiger partial charge in [0, 0.05) is 22.0 Å². The van der Waals surface area contributed by atoms with E-state index in [-0.39, 0.29) is 12.1 Å². The lowest BCUT2D eigenvalue weighted by Gasteiger charge is -2.24. The third-order valence-electron chi connectivity index (χ3n) is 4.27. The van der Waals surface area contributed by atoms with Gasteiger partial charge in [-0.1, -0.05) is 32.1 Å². The summed E-state index contributed by atoms with van der Waals surface area (Å²) in [5.74, 6) is 0.729. The van der Waals surface area contributed by atoms with Crippen molar-refractivity contribution in [2.24, 2.45) is 0 Å². The van der Waals surface area contributed by atoms with Crippen molar-refractivity contribution in [3.63, 3.8) is 0 Å². The first-order chi connectivity index (χ1) is 11.5. The highest BCUT2D eigenvalue weighted by Gasteiger charge is 2.23. The zero-order valence-corrected chi connectivity index (χ0v) is 17.0. The number of allylic oxidation sites excluding steroid dienone is 2. The van der Waals surface area contributed by atoms with Crippen molar-refractivity contribution >= 4 is 28.6 Å². The Bertz CT molecular complexity index is 674. The molecule has 1 aromatic carbocycles. The molecule has 1 atom stereocenters. The summed E-state index contributed by atoms with van der Waals surface area (Å²) < 4.78 is 12.7. The molecular weight excluding hydrogens is 415 g/mol. The lowest BCUT2D eigenvalue weighted by Crippen LogP contribution is -2.25. The second-order valence-corrected chi connectivity index (χ2v) is 7.19. The number of hydrogen-bond donors (Lipinski definition) is 0. The van der Waals surface area contributed by atoms with Crippen molar-refractivity contribution < 1.29 is 14.3 Å². The van der Waals surface area contributed by atoms with Crippen LogP contribution in [0.2, 0.25) is 0 Å². The summed E-state index contributed by atoms with van der Waals surface area (Å²) in [5, 5.41) is 0. The average molecular weight is 440 g/mol. The molecular formula is C20H25IO3. The Hall–Kier alpha value is -1.30. The monoisotopic (exact) mass is 440 g/mol. The van der Waals surface area contributed by atoms with Crippen molar-refractivity contribution in [3.8, 4) is 5.75 Å². The minimum atomic E-state index is -0.217. The summed E-state index contributed by atoms with van der Waals surface area (Å²) in [4.78, 5) is 11.7. The van der Waals surface area contributed by atoms with E-state index < -0.39 is 0 Å². The lowest BCUT2D eigenvalue weighted by molar-refractivity contribution is -0.147. The SMILES string of the molecule is CCC(=O)OC1CC=CC(I)=C1COc1cc(C)c(CC)cc1C. The molecule has 1 aliphatic rings. The fourth-order valence-electron chi connectivity index (χ4n) is 2.76. The Morgan fingerprint density at radius 2 is 2.00 bits per heavy atom. The summed E-state index contributed by atoms with van der Waals surface area (Å²) in [6.45, 7) is 8.60. The van der Waals surface area contributed by atoms with Crippen molar-refractivity contribution in [3.05, 3.63) is 50.1 Å². The molecule has 130 valence electrons. The average Bonchev–Trinajstić information content (AvgIpc) is 2.56. The smallest absolute Gasteiger partial charge is 0.306 e. The van der Waals surface area contributed by atoms with Crippen LogP contribution in [-0.4, -0.2) is 18.7 Å². The molecule has 3 nitrogen and oxygen atoms in total.